The lowest BCUT2D eigenvalue weighted by atomic mass is 9.83. The highest BCUT2D eigenvalue weighted by atomic mass is 79.9. The van der Waals surface area contributed by atoms with Crippen molar-refractivity contribution in [3.05, 3.63) is 0 Å². The van der Waals surface area contributed by atoms with Crippen molar-refractivity contribution in [1.29, 1.82) is 0 Å². The van der Waals surface area contributed by atoms with Gasteiger partial charge in [-0.2, -0.15) is 0 Å². The molecule has 1 saturated heterocycles. The number of rotatable bonds is 6. The molecule has 0 aliphatic carbocycles. The van der Waals surface area contributed by atoms with Gasteiger partial charge >= 0.3 is 6.09 Å². The van der Waals surface area contributed by atoms with Crippen LogP contribution < -0.4 is 0 Å². The van der Waals surface area contributed by atoms with Crippen LogP contribution in [-0.4, -0.2) is 40.8 Å². The summed E-state index contributed by atoms with van der Waals surface area (Å²) in [6.07, 6.45) is 3.91. The summed E-state index contributed by atoms with van der Waals surface area (Å²) in [5.41, 5.74) is -0.471. The molecule has 0 saturated carbocycles. The minimum absolute atomic E-state index is 0.254. The first-order valence-corrected chi connectivity index (χ1v) is 9.40. The molecule has 4 nitrogen and oxygen atoms in total. The molecule has 1 heterocycles. The number of Topliss-reactive ketones (excluding diaryl/α,β-unsaturated/α-hetero) is 1. The van der Waals surface area contributed by atoms with Crippen LogP contribution in [0.2, 0.25) is 0 Å². The summed E-state index contributed by atoms with van der Waals surface area (Å²) in [6, 6.07) is 0. The lowest BCUT2D eigenvalue weighted by Crippen LogP contribution is -2.45. The van der Waals surface area contributed by atoms with Gasteiger partial charge in [0.1, 0.15) is 11.4 Å². The van der Waals surface area contributed by atoms with E-state index in [1.165, 1.54) is 0 Å². The molecule has 0 unspecified atom stereocenters. The van der Waals surface area contributed by atoms with E-state index in [-0.39, 0.29) is 12.0 Å². The van der Waals surface area contributed by atoms with Crippen molar-refractivity contribution in [2.24, 2.45) is 11.8 Å². The predicted molar refractivity (Wildman–Crippen MR) is 92.3 cm³/mol. The number of alkyl halides is 1. The minimum Gasteiger partial charge on any atom is -0.444 e. The van der Waals surface area contributed by atoms with E-state index in [1.54, 1.807) is 4.90 Å². The maximum atomic E-state index is 12.2. The van der Waals surface area contributed by atoms with Gasteiger partial charge in [0.25, 0.3) is 0 Å². The van der Waals surface area contributed by atoms with Crippen LogP contribution in [0.3, 0.4) is 0 Å². The molecule has 1 aliphatic rings. The van der Waals surface area contributed by atoms with Gasteiger partial charge in [0.05, 0.1) is 0 Å². The molecule has 5 heteroatoms. The summed E-state index contributed by atoms with van der Waals surface area (Å²) in [4.78, 5) is 26.0. The van der Waals surface area contributed by atoms with Gasteiger partial charge in [0, 0.05) is 31.3 Å². The third-order valence-corrected chi connectivity index (χ3v) is 4.66. The summed E-state index contributed by atoms with van der Waals surface area (Å²) >= 11 is 3.39. The van der Waals surface area contributed by atoms with Crippen molar-refractivity contribution in [2.75, 3.05) is 18.4 Å². The molecule has 0 aromatic heterocycles. The molecule has 2 atom stereocenters. The average molecular weight is 376 g/mol. The number of hydrogen-bond acceptors (Lipinski definition) is 3. The van der Waals surface area contributed by atoms with E-state index in [1.807, 2.05) is 20.8 Å². The Morgan fingerprint density at radius 1 is 1.27 bits per heavy atom. The number of piperidine rings is 1. The van der Waals surface area contributed by atoms with E-state index in [4.69, 9.17) is 4.74 Å². The predicted octanol–water partition coefficient (Wildman–Crippen LogP) is 4.40. The normalized spacial score (nSPS) is 22.5. The number of nitrogens with zero attached hydrogens (tertiary/aromatic N) is 1. The van der Waals surface area contributed by atoms with Crippen LogP contribution in [0.5, 0.6) is 0 Å². The van der Waals surface area contributed by atoms with Gasteiger partial charge < -0.3 is 9.64 Å². The molecule has 1 amide bonds. The fourth-order valence-electron chi connectivity index (χ4n) is 2.72. The van der Waals surface area contributed by atoms with Crippen molar-refractivity contribution in [1.82, 2.24) is 4.90 Å². The van der Waals surface area contributed by atoms with Crippen LogP contribution in [-0.2, 0) is 9.53 Å². The number of carbonyl (C=O) groups is 2. The molecule has 0 N–H and O–H groups in total. The monoisotopic (exact) mass is 375 g/mol. The number of hydrogen-bond donors (Lipinski definition) is 0. The van der Waals surface area contributed by atoms with Gasteiger partial charge in [-0.1, -0.05) is 22.9 Å². The first-order chi connectivity index (χ1) is 10.2. The largest absolute Gasteiger partial charge is 0.444 e. The van der Waals surface area contributed by atoms with Crippen molar-refractivity contribution < 1.29 is 14.3 Å². The van der Waals surface area contributed by atoms with Crippen LogP contribution in [0.1, 0.15) is 59.8 Å². The molecule has 22 heavy (non-hydrogen) atoms. The molecule has 1 aliphatic heterocycles. The minimum atomic E-state index is -0.471. The first-order valence-electron chi connectivity index (χ1n) is 8.28. The third kappa shape index (κ3) is 7.12. The fraction of sp³-hybridized carbons (Fsp3) is 0.882. The highest BCUT2D eigenvalue weighted by molar-refractivity contribution is 9.09. The van der Waals surface area contributed by atoms with Crippen LogP contribution in [0.15, 0.2) is 0 Å². The molecule has 1 fully saturated rings. The summed E-state index contributed by atoms with van der Waals surface area (Å²) in [7, 11) is 0. The highest BCUT2D eigenvalue weighted by Gasteiger charge is 2.32. The van der Waals surface area contributed by atoms with Crippen LogP contribution in [0.25, 0.3) is 0 Å². The van der Waals surface area contributed by atoms with Gasteiger partial charge in [-0.25, -0.2) is 4.79 Å². The third-order valence-electron chi connectivity index (χ3n) is 4.09. The molecule has 128 valence electrons. The van der Waals surface area contributed by atoms with Gasteiger partial charge in [-0.15, -0.1) is 0 Å². The molecular weight excluding hydrogens is 346 g/mol. The van der Waals surface area contributed by atoms with Crippen molar-refractivity contribution >= 4 is 27.8 Å². The Morgan fingerprint density at radius 2 is 1.95 bits per heavy atom. The Bertz CT molecular complexity index is 379. The zero-order chi connectivity index (χ0) is 16.8. The van der Waals surface area contributed by atoms with Gasteiger partial charge in [-0.05, 0) is 51.9 Å². The van der Waals surface area contributed by atoms with Crippen LogP contribution in [0, 0.1) is 11.8 Å². The standard InChI is InChI=1S/C17H30BrNO3/c1-13-8-10-19(16(21)22-17(2,3)4)12-14(13)11-15(20)7-5-6-9-18/h13-14H,5-12H2,1-4H3/t13-,14-/m0/s1. The number of halogens is 1. The Morgan fingerprint density at radius 3 is 2.55 bits per heavy atom. The van der Waals surface area contributed by atoms with E-state index in [0.29, 0.717) is 31.1 Å². The van der Waals surface area contributed by atoms with Gasteiger partial charge in [0.2, 0.25) is 0 Å². The number of carbonyl (C=O) groups excluding carboxylic acids is 2. The lowest BCUT2D eigenvalue weighted by molar-refractivity contribution is -0.121. The smallest absolute Gasteiger partial charge is 0.410 e. The van der Waals surface area contributed by atoms with Crippen molar-refractivity contribution in [3.8, 4) is 0 Å². The molecule has 0 aromatic carbocycles. The Labute approximate surface area is 143 Å². The molecule has 0 aromatic rings. The summed E-state index contributed by atoms with van der Waals surface area (Å²) in [6.45, 7) is 9.18. The second kappa shape index (κ2) is 8.90. The Hall–Kier alpha value is -0.580. The van der Waals surface area contributed by atoms with Crippen LogP contribution in [0.4, 0.5) is 4.79 Å². The van der Waals surface area contributed by atoms with E-state index in [9.17, 15) is 9.59 Å². The molecule has 0 spiro atoms. The van der Waals surface area contributed by atoms with E-state index in [0.717, 1.165) is 31.1 Å². The van der Waals surface area contributed by atoms with Gasteiger partial charge in [-0.3, -0.25) is 4.79 Å². The number of amides is 1. The second-order valence-corrected chi connectivity index (χ2v) is 8.13. The van der Waals surface area contributed by atoms with Crippen LogP contribution >= 0.6 is 15.9 Å². The topological polar surface area (TPSA) is 46.6 Å². The van der Waals surface area contributed by atoms with E-state index < -0.39 is 5.60 Å². The summed E-state index contributed by atoms with van der Waals surface area (Å²) in [5, 5.41) is 0.951. The Balaban J connectivity index is 2.49. The lowest BCUT2D eigenvalue weighted by Gasteiger charge is -2.37. The molecule has 0 bridgehead atoms. The average Bonchev–Trinajstić information content (AvgIpc) is 2.39. The maximum Gasteiger partial charge on any atom is 0.410 e. The summed E-state index contributed by atoms with van der Waals surface area (Å²) < 4.78 is 5.44. The van der Waals surface area contributed by atoms with Crippen molar-refractivity contribution in [2.45, 2.75) is 65.4 Å². The van der Waals surface area contributed by atoms with Crippen molar-refractivity contribution in [3.63, 3.8) is 0 Å². The number of ketones is 1. The SMILES string of the molecule is C[C@H]1CCN(C(=O)OC(C)(C)C)C[C@@H]1CC(=O)CCCCBr. The Kier molecular flexibility index (Phi) is 7.87. The number of ether oxygens (including phenoxy) is 1. The highest BCUT2D eigenvalue weighted by Crippen LogP contribution is 2.27. The fourth-order valence-corrected chi connectivity index (χ4v) is 3.12. The maximum absolute atomic E-state index is 12.2. The zero-order valence-corrected chi connectivity index (χ0v) is 15.9. The van der Waals surface area contributed by atoms with E-state index >= 15 is 0 Å². The van der Waals surface area contributed by atoms with Gasteiger partial charge in [0.15, 0.2) is 0 Å². The quantitative estimate of drug-likeness (QED) is 0.510. The summed E-state index contributed by atoms with van der Waals surface area (Å²) in [5.74, 6) is 1.07. The number of likely N-dealkylation sites (tertiary alicyclic amines) is 1. The molecule has 0 radical (unpaired) electrons. The first kappa shape index (κ1) is 19.5. The second-order valence-electron chi connectivity index (χ2n) is 7.34. The molecular formula is C17H30BrNO3. The number of unbranched alkanes of at least 4 members (excludes halogenated alkanes) is 1. The van der Waals surface area contributed by atoms with E-state index in [2.05, 4.69) is 22.9 Å². The zero-order valence-electron chi connectivity index (χ0n) is 14.4. The molecule has 1 rings (SSSR count).